The second-order valence-corrected chi connectivity index (χ2v) is 6.37. The highest BCUT2D eigenvalue weighted by atomic mass is 19.4. The highest BCUT2D eigenvalue weighted by Gasteiger charge is 2.42. The summed E-state index contributed by atoms with van der Waals surface area (Å²) in [5.74, 6) is -1.31. The van der Waals surface area contributed by atoms with Gasteiger partial charge in [0.15, 0.2) is 5.69 Å². The van der Waals surface area contributed by atoms with Crippen LogP contribution in [-0.4, -0.2) is 28.3 Å². The number of hydrogen-bond donors (Lipinski definition) is 2. The molecule has 1 heterocycles. The molecule has 138 valence electrons. The van der Waals surface area contributed by atoms with E-state index >= 15 is 0 Å². The van der Waals surface area contributed by atoms with Crippen LogP contribution >= 0.6 is 0 Å². The van der Waals surface area contributed by atoms with Gasteiger partial charge in [0.25, 0.3) is 5.91 Å². The van der Waals surface area contributed by atoms with E-state index in [0.717, 1.165) is 0 Å². The molecule has 26 heavy (non-hydrogen) atoms. The minimum absolute atomic E-state index is 0.0292. The van der Waals surface area contributed by atoms with Gasteiger partial charge in [0.05, 0.1) is 5.92 Å². The first-order valence-electron chi connectivity index (χ1n) is 8.45. The maximum absolute atomic E-state index is 12.9. The predicted octanol–water partition coefficient (Wildman–Crippen LogP) is 4.26. The third kappa shape index (κ3) is 4.71. The van der Waals surface area contributed by atoms with Crippen LogP contribution in [0.25, 0.3) is 0 Å². The van der Waals surface area contributed by atoms with Crippen LogP contribution in [0.3, 0.4) is 0 Å². The van der Waals surface area contributed by atoms with Crippen LogP contribution in [0.15, 0.2) is 42.5 Å². The summed E-state index contributed by atoms with van der Waals surface area (Å²) in [6, 6.07) is 11.7. The molecule has 0 aliphatic heterocycles. The fourth-order valence-corrected chi connectivity index (χ4v) is 3.07. The van der Waals surface area contributed by atoms with Crippen LogP contribution in [0.2, 0.25) is 0 Å². The van der Waals surface area contributed by atoms with Crippen LogP contribution in [0.5, 0.6) is 0 Å². The number of aromatic nitrogens is 2. The lowest BCUT2D eigenvalue weighted by molar-refractivity contribution is -0.182. The van der Waals surface area contributed by atoms with E-state index < -0.39 is 18.0 Å². The molecule has 8 heteroatoms. The molecule has 0 spiro atoms. The van der Waals surface area contributed by atoms with Crippen molar-refractivity contribution in [3.05, 3.63) is 48.2 Å². The Kier molecular flexibility index (Phi) is 5.39. The highest BCUT2D eigenvalue weighted by Crippen LogP contribution is 2.38. The van der Waals surface area contributed by atoms with Gasteiger partial charge in [0.1, 0.15) is 5.82 Å². The molecule has 2 unspecified atom stereocenters. The fraction of sp³-hybridized carbons (Fsp3) is 0.389. The number of carbonyl (C=O) groups excluding carboxylic acids is 1. The number of nitrogens with zero attached hydrogens (tertiary/aromatic N) is 2. The molecule has 0 bridgehead atoms. The Morgan fingerprint density at radius 1 is 1.04 bits per heavy atom. The summed E-state index contributed by atoms with van der Waals surface area (Å²) in [7, 11) is 0. The molecule has 5 nitrogen and oxygen atoms in total. The Morgan fingerprint density at radius 2 is 1.81 bits per heavy atom. The molecule has 1 aliphatic carbocycles. The molecular weight excluding hydrogens is 345 g/mol. The predicted molar refractivity (Wildman–Crippen MR) is 91.9 cm³/mol. The van der Waals surface area contributed by atoms with Crippen molar-refractivity contribution in [3.63, 3.8) is 0 Å². The zero-order valence-corrected chi connectivity index (χ0v) is 14.0. The van der Waals surface area contributed by atoms with E-state index in [1.807, 2.05) is 6.07 Å². The topological polar surface area (TPSA) is 66.9 Å². The number of hydrogen-bond acceptors (Lipinski definition) is 4. The monoisotopic (exact) mass is 364 g/mol. The van der Waals surface area contributed by atoms with E-state index in [1.165, 1.54) is 6.07 Å². The minimum atomic E-state index is -4.16. The second-order valence-electron chi connectivity index (χ2n) is 6.37. The van der Waals surface area contributed by atoms with Gasteiger partial charge < -0.3 is 10.6 Å². The molecule has 0 saturated heterocycles. The molecule has 1 aromatic heterocycles. The van der Waals surface area contributed by atoms with Gasteiger partial charge in [-0.25, -0.2) is 0 Å². The maximum atomic E-state index is 12.9. The zero-order valence-electron chi connectivity index (χ0n) is 14.0. The molecule has 2 N–H and O–H groups in total. The van der Waals surface area contributed by atoms with E-state index in [-0.39, 0.29) is 24.6 Å². The van der Waals surface area contributed by atoms with Crippen molar-refractivity contribution >= 4 is 17.4 Å². The Balaban J connectivity index is 1.58. The van der Waals surface area contributed by atoms with Gasteiger partial charge in [-0.15, -0.1) is 10.2 Å². The Morgan fingerprint density at radius 3 is 2.46 bits per heavy atom. The number of para-hydroxylation sites is 1. The smallest absolute Gasteiger partial charge is 0.366 e. The van der Waals surface area contributed by atoms with Gasteiger partial charge >= 0.3 is 6.18 Å². The van der Waals surface area contributed by atoms with Gasteiger partial charge in [0, 0.05) is 11.7 Å². The number of nitrogens with one attached hydrogen (secondary N) is 2. The summed E-state index contributed by atoms with van der Waals surface area (Å²) >= 11 is 0. The zero-order chi connectivity index (χ0) is 18.6. The van der Waals surface area contributed by atoms with E-state index in [9.17, 15) is 18.0 Å². The van der Waals surface area contributed by atoms with E-state index in [1.54, 1.807) is 30.3 Å². The molecule has 3 rings (SSSR count). The average Bonchev–Trinajstić information content (AvgIpc) is 2.63. The van der Waals surface area contributed by atoms with Gasteiger partial charge in [-0.1, -0.05) is 24.6 Å². The summed E-state index contributed by atoms with van der Waals surface area (Å²) in [5.41, 5.74) is 0.776. The summed E-state index contributed by atoms with van der Waals surface area (Å²) in [6.07, 6.45) is -2.78. The van der Waals surface area contributed by atoms with Gasteiger partial charge in [-0.3, -0.25) is 4.79 Å². The molecule has 0 radical (unpaired) electrons. The SMILES string of the molecule is O=C(Nc1ccccc1)c1ccc(NC2CCCC(C(F)(F)F)C2)nn1. The summed E-state index contributed by atoms with van der Waals surface area (Å²) in [6.45, 7) is 0. The van der Waals surface area contributed by atoms with Gasteiger partial charge in [-0.05, 0) is 43.5 Å². The molecule has 1 aliphatic rings. The third-order valence-electron chi connectivity index (χ3n) is 4.42. The Bertz CT molecular complexity index is 734. The van der Waals surface area contributed by atoms with Crippen molar-refractivity contribution < 1.29 is 18.0 Å². The van der Waals surface area contributed by atoms with Gasteiger partial charge in [0.2, 0.25) is 0 Å². The van der Waals surface area contributed by atoms with Crippen molar-refractivity contribution in [3.8, 4) is 0 Å². The lowest BCUT2D eigenvalue weighted by Crippen LogP contribution is -2.34. The molecule has 2 aromatic rings. The molecular formula is C18H19F3N4O. The van der Waals surface area contributed by atoms with Crippen LogP contribution < -0.4 is 10.6 Å². The summed E-state index contributed by atoms with van der Waals surface area (Å²) in [4.78, 5) is 12.1. The first-order valence-corrected chi connectivity index (χ1v) is 8.45. The molecule has 1 amide bonds. The third-order valence-corrected chi connectivity index (χ3v) is 4.42. The molecule has 1 saturated carbocycles. The number of benzene rings is 1. The first kappa shape index (κ1) is 18.2. The van der Waals surface area contributed by atoms with Crippen LogP contribution in [0.1, 0.15) is 36.2 Å². The fourth-order valence-electron chi connectivity index (χ4n) is 3.07. The summed E-state index contributed by atoms with van der Waals surface area (Å²) in [5, 5.41) is 13.5. The van der Waals surface area contributed by atoms with Crippen LogP contribution in [0, 0.1) is 5.92 Å². The van der Waals surface area contributed by atoms with Crippen molar-refractivity contribution in [1.82, 2.24) is 10.2 Å². The number of rotatable bonds is 4. The van der Waals surface area contributed by atoms with Crippen molar-refractivity contribution in [2.75, 3.05) is 10.6 Å². The summed E-state index contributed by atoms with van der Waals surface area (Å²) < 4.78 is 38.6. The number of alkyl halides is 3. The lowest BCUT2D eigenvalue weighted by Gasteiger charge is -2.31. The second kappa shape index (κ2) is 7.72. The highest BCUT2D eigenvalue weighted by molar-refractivity contribution is 6.02. The quantitative estimate of drug-likeness (QED) is 0.851. The molecule has 1 aromatic carbocycles. The van der Waals surface area contributed by atoms with Crippen molar-refractivity contribution in [2.24, 2.45) is 5.92 Å². The van der Waals surface area contributed by atoms with E-state index in [0.29, 0.717) is 24.3 Å². The standard InChI is InChI=1S/C18H19F3N4O/c19-18(20,21)12-5-4-8-14(11-12)22-16-10-9-15(24-25-16)17(26)23-13-6-2-1-3-7-13/h1-3,6-7,9-10,12,14H,4-5,8,11H2,(H,22,25)(H,23,26). The normalized spacial score (nSPS) is 20.4. The lowest BCUT2D eigenvalue weighted by atomic mass is 9.85. The van der Waals surface area contributed by atoms with E-state index in [4.69, 9.17) is 0 Å². The average molecular weight is 364 g/mol. The van der Waals surface area contributed by atoms with Crippen molar-refractivity contribution in [1.29, 1.82) is 0 Å². The molecule has 2 atom stereocenters. The Hall–Kier alpha value is -2.64. The Labute approximate surface area is 149 Å². The first-order chi connectivity index (χ1) is 12.4. The number of carbonyl (C=O) groups is 1. The van der Waals surface area contributed by atoms with Crippen molar-refractivity contribution in [2.45, 2.75) is 37.9 Å². The maximum Gasteiger partial charge on any atom is 0.391 e. The number of amides is 1. The van der Waals surface area contributed by atoms with Gasteiger partial charge in [-0.2, -0.15) is 13.2 Å². The van der Waals surface area contributed by atoms with E-state index in [2.05, 4.69) is 20.8 Å². The number of anilines is 2. The van der Waals surface area contributed by atoms with Crippen LogP contribution in [0.4, 0.5) is 24.7 Å². The number of halogens is 3. The van der Waals surface area contributed by atoms with Crippen LogP contribution in [-0.2, 0) is 0 Å². The minimum Gasteiger partial charge on any atom is -0.366 e. The largest absolute Gasteiger partial charge is 0.391 e. The molecule has 1 fully saturated rings.